The van der Waals surface area contributed by atoms with Gasteiger partial charge in [0.25, 0.3) is 5.91 Å². The third-order valence-electron chi connectivity index (χ3n) is 9.33. The summed E-state index contributed by atoms with van der Waals surface area (Å²) in [6.07, 6.45) is 3.60. The van der Waals surface area contributed by atoms with Crippen molar-refractivity contribution in [2.45, 2.75) is 49.6 Å². The number of piperidine rings is 1. The van der Waals surface area contributed by atoms with Crippen LogP contribution in [-0.4, -0.2) is 71.2 Å². The van der Waals surface area contributed by atoms with Gasteiger partial charge in [-0.1, -0.05) is 24.8 Å². The van der Waals surface area contributed by atoms with Crippen LogP contribution in [-0.2, 0) is 23.1 Å². The lowest BCUT2D eigenvalue weighted by atomic mass is 9.69. The molecule has 3 aliphatic rings. The Bertz CT molecular complexity index is 1630. The number of fused-ring (bicyclic) bond motifs is 3. The van der Waals surface area contributed by atoms with Crippen LogP contribution < -0.4 is 21.6 Å². The van der Waals surface area contributed by atoms with Crippen molar-refractivity contribution in [1.82, 2.24) is 36.0 Å². The molecular weight excluding hydrogens is 544 g/mol. The highest BCUT2D eigenvalue weighted by molar-refractivity contribution is 5.94. The van der Waals surface area contributed by atoms with Gasteiger partial charge in [-0.15, -0.1) is 0 Å². The zero-order valence-electron chi connectivity index (χ0n) is 24.4. The van der Waals surface area contributed by atoms with E-state index in [9.17, 15) is 19.6 Å². The van der Waals surface area contributed by atoms with Gasteiger partial charge in [0.1, 0.15) is 11.9 Å². The lowest BCUT2D eigenvalue weighted by Crippen LogP contribution is -2.44. The SMILES string of the molecule is C=C(NC)c1ccc2c(c1)CCc1cc(C(=O)NC)ccc1C2(CCNCC(=O)N1C(C#N)C[C@H]2CC21)c1n[nH]c(=O)[nH]1. The summed E-state index contributed by atoms with van der Waals surface area (Å²) < 4.78 is 0. The first-order chi connectivity index (χ1) is 20.8. The number of aromatic amines is 2. The first-order valence-corrected chi connectivity index (χ1v) is 14.7. The second-order valence-electron chi connectivity index (χ2n) is 11.7. The maximum atomic E-state index is 13.2. The molecule has 222 valence electrons. The van der Waals surface area contributed by atoms with E-state index in [-0.39, 0.29) is 30.4 Å². The molecule has 43 heavy (non-hydrogen) atoms. The van der Waals surface area contributed by atoms with Crippen LogP contribution in [0.4, 0.5) is 0 Å². The summed E-state index contributed by atoms with van der Waals surface area (Å²) in [5.41, 5.74) is 5.01. The number of rotatable bonds is 9. The molecule has 1 aliphatic heterocycles. The van der Waals surface area contributed by atoms with Crippen molar-refractivity contribution < 1.29 is 9.59 Å². The molecule has 2 heterocycles. The Kier molecular flexibility index (Phi) is 7.40. The normalized spacial score (nSPS) is 23.3. The highest BCUT2D eigenvalue weighted by atomic mass is 16.2. The molecular formula is C32H36N8O3. The number of amides is 2. The standard InChI is InChI=1S/C32H36N8O3/c1-18(34-2)19-6-8-25-20(12-19)4-5-21-13-22(29(42)35-3)7-9-26(21)32(25,30-37-31(43)39-38-30)10-11-36-17-28(41)40-24(16-33)14-23-15-27(23)40/h6-9,12-13,23-24,27,34,36H,1,4-5,10-11,14-15,17H2,2-3H3,(H,35,42)(H2,37,38,39,43)/t23-,24?,27?,32?/m0/s1. The van der Waals surface area contributed by atoms with Crippen molar-refractivity contribution in [3.05, 3.63) is 92.7 Å². The van der Waals surface area contributed by atoms with E-state index in [0.717, 1.165) is 46.4 Å². The van der Waals surface area contributed by atoms with Crippen LogP contribution >= 0.6 is 0 Å². The molecule has 1 saturated carbocycles. The number of nitrogens with zero attached hydrogens (tertiary/aromatic N) is 3. The average Bonchev–Trinajstić information content (AvgIpc) is 3.52. The molecule has 2 fully saturated rings. The van der Waals surface area contributed by atoms with Gasteiger partial charge in [-0.05, 0) is 90.6 Å². The predicted octanol–water partition coefficient (Wildman–Crippen LogP) is 1.57. The smallest absolute Gasteiger partial charge is 0.340 e. The largest absolute Gasteiger partial charge is 0.388 e. The summed E-state index contributed by atoms with van der Waals surface area (Å²) in [5, 5.41) is 25.7. The van der Waals surface area contributed by atoms with E-state index in [1.165, 1.54) is 0 Å². The van der Waals surface area contributed by atoms with Crippen LogP contribution in [0.25, 0.3) is 5.70 Å². The fourth-order valence-electron chi connectivity index (χ4n) is 7.07. The minimum Gasteiger partial charge on any atom is -0.388 e. The van der Waals surface area contributed by atoms with E-state index in [0.29, 0.717) is 43.1 Å². The van der Waals surface area contributed by atoms with Gasteiger partial charge in [0.15, 0.2) is 0 Å². The number of likely N-dealkylation sites (tertiary alicyclic amines) is 1. The first kappa shape index (κ1) is 28.4. The van der Waals surface area contributed by atoms with E-state index in [4.69, 9.17) is 0 Å². The van der Waals surface area contributed by atoms with Crippen LogP contribution in [0, 0.1) is 17.2 Å². The van der Waals surface area contributed by atoms with Crippen molar-refractivity contribution in [3.8, 4) is 6.07 Å². The zero-order valence-corrected chi connectivity index (χ0v) is 24.4. The number of aromatic nitrogens is 3. The number of hydrogen-bond acceptors (Lipinski definition) is 7. The summed E-state index contributed by atoms with van der Waals surface area (Å²) in [4.78, 5) is 42.9. The van der Waals surface area contributed by atoms with Crippen molar-refractivity contribution >= 4 is 17.5 Å². The Morgan fingerprint density at radius 2 is 1.79 bits per heavy atom. The fourth-order valence-corrected chi connectivity index (χ4v) is 7.07. The third-order valence-corrected chi connectivity index (χ3v) is 9.33. The molecule has 6 rings (SSSR count). The second-order valence-corrected chi connectivity index (χ2v) is 11.7. The lowest BCUT2D eigenvalue weighted by molar-refractivity contribution is -0.131. The predicted molar refractivity (Wildman–Crippen MR) is 161 cm³/mol. The molecule has 0 bridgehead atoms. The minimum absolute atomic E-state index is 0.0640. The molecule has 0 spiro atoms. The maximum Gasteiger partial charge on any atom is 0.340 e. The van der Waals surface area contributed by atoms with Gasteiger partial charge >= 0.3 is 5.69 Å². The van der Waals surface area contributed by atoms with E-state index in [1.54, 1.807) is 18.0 Å². The van der Waals surface area contributed by atoms with Crippen LogP contribution in [0.15, 0.2) is 47.8 Å². The molecule has 2 aromatic carbocycles. The second kappa shape index (κ2) is 11.2. The van der Waals surface area contributed by atoms with Crippen LogP contribution in [0.2, 0.25) is 0 Å². The molecule has 3 unspecified atom stereocenters. The van der Waals surface area contributed by atoms with E-state index < -0.39 is 11.1 Å². The maximum absolute atomic E-state index is 13.2. The molecule has 5 N–H and O–H groups in total. The van der Waals surface area contributed by atoms with Crippen molar-refractivity contribution in [2.24, 2.45) is 5.92 Å². The summed E-state index contributed by atoms with van der Waals surface area (Å²) >= 11 is 0. The molecule has 11 nitrogen and oxygen atoms in total. The molecule has 2 amide bonds. The number of nitrogens with one attached hydrogen (secondary N) is 5. The van der Waals surface area contributed by atoms with Crippen LogP contribution in [0.3, 0.4) is 0 Å². The summed E-state index contributed by atoms with van der Waals surface area (Å²) in [5.74, 6) is 0.682. The van der Waals surface area contributed by atoms with E-state index >= 15 is 0 Å². The first-order valence-electron chi connectivity index (χ1n) is 14.7. The zero-order chi connectivity index (χ0) is 30.3. The number of carbonyl (C=O) groups is 2. The monoisotopic (exact) mass is 580 g/mol. The Hall–Kier alpha value is -4.69. The minimum atomic E-state index is -0.887. The van der Waals surface area contributed by atoms with Gasteiger partial charge in [-0.3, -0.25) is 14.6 Å². The van der Waals surface area contributed by atoms with Crippen molar-refractivity contribution in [1.29, 1.82) is 5.26 Å². The third kappa shape index (κ3) is 4.91. The number of H-pyrrole nitrogens is 2. The number of benzene rings is 2. The van der Waals surface area contributed by atoms with Gasteiger partial charge in [0.05, 0.1) is 18.0 Å². The van der Waals surface area contributed by atoms with Gasteiger partial charge in [0, 0.05) is 31.4 Å². The topological polar surface area (TPSA) is 159 Å². The highest BCUT2D eigenvalue weighted by Crippen LogP contribution is 2.48. The summed E-state index contributed by atoms with van der Waals surface area (Å²) in [6.45, 7) is 4.68. The molecule has 4 atom stereocenters. The Morgan fingerprint density at radius 1 is 1.09 bits per heavy atom. The molecule has 2 aliphatic carbocycles. The summed E-state index contributed by atoms with van der Waals surface area (Å²) in [7, 11) is 3.44. The number of aryl methyl sites for hydroxylation is 2. The molecule has 1 aromatic heterocycles. The Balaban J connectivity index is 1.40. The molecule has 0 radical (unpaired) electrons. The van der Waals surface area contributed by atoms with Crippen LogP contribution in [0.1, 0.15) is 63.3 Å². The van der Waals surface area contributed by atoms with Crippen LogP contribution in [0.5, 0.6) is 0 Å². The van der Waals surface area contributed by atoms with E-state index in [1.807, 2.05) is 25.2 Å². The lowest BCUT2D eigenvalue weighted by Gasteiger charge is -2.35. The van der Waals surface area contributed by atoms with Crippen molar-refractivity contribution in [2.75, 3.05) is 27.2 Å². The van der Waals surface area contributed by atoms with Crippen molar-refractivity contribution in [3.63, 3.8) is 0 Å². The number of hydrogen-bond donors (Lipinski definition) is 5. The Morgan fingerprint density at radius 3 is 2.42 bits per heavy atom. The van der Waals surface area contributed by atoms with E-state index in [2.05, 4.69) is 55.9 Å². The molecule has 1 saturated heterocycles. The molecule has 11 heteroatoms. The molecule has 3 aromatic rings. The number of carbonyl (C=O) groups excluding carboxylic acids is 2. The number of nitriles is 1. The quantitative estimate of drug-likeness (QED) is 0.240. The van der Waals surface area contributed by atoms with Gasteiger partial charge < -0.3 is 20.9 Å². The van der Waals surface area contributed by atoms with Gasteiger partial charge in [0.2, 0.25) is 5.91 Å². The summed E-state index contributed by atoms with van der Waals surface area (Å²) in [6, 6.07) is 14.0. The fraction of sp³-hybridized carbons (Fsp3) is 0.406. The van der Waals surface area contributed by atoms with Gasteiger partial charge in [-0.25, -0.2) is 9.89 Å². The Labute approximate surface area is 249 Å². The average molecular weight is 581 g/mol. The highest BCUT2D eigenvalue weighted by Gasteiger charge is 2.54. The van der Waals surface area contributed by atoms with Gasteiger partial charge in [-0.2, -0.15) is 10.4 Å².